The standard InChI is InChI=1S/C11H20O2/c1-3-6-11(13-2)9-7-4-5-8-10(9)12/h9,11H,3-8H2,1-2H3/t9-,11-/m1/s1. The van der Waals surface area contributed by atoms with E-state index in [0.717, 1.165) is 32.1 Å². The first kappa shape index (κ1) is 10.7. The fourth-order valence-electron chi connectivity index (χ4n) is 2.17. The predicted molar refractivity (Wildman–Crippen MR) is 52.7 cm³/mol. The van der Waals surface area contributed by atoms with Crippen LogP contribution in [0.25, 0.3) is 0 Å². The van der Waals surface area contributed by atoms with E-state index >= 15 is 0 Å². The number of carbonyl (C=O) groups is 1. The van der Waals surface area contributed by atoms with Crippen molar-refractivity contribution in [3.05, 3.63) is 0 Å². The molecule has 0 heterocycles. The van der Waals surface area contributed by atoms with Crippen molar-refractivity contribution in [2.75, 3.05) is 7.11 Å². The summed E-state index contributed by atoms with van der Waals surface area (Å²) < 4.78 is 5.38. The quantitative estimate of drug-likeness (QED) is 0.671. The molecular weight excluding hydrogens is 164 g/mol. The van der Waals surface area contributed by atoms with Gasteiger partial charge in [-0.15, -0.1) is 0 Å². The molecular formula is C11H20O2. The van der Waals surface area contributed by atoms with Crippen LogP contribution in [0, 0.1) is 5.92 Å². The number of ether oxygens (including phenoxy) is 1. The van der Waals surface area contributed by atoms with Crippen LogP contribution in [0.15, 0.2) is 0 Å². The van der Waals surface area contributed by atoms with Gasteiger partial charge in [-0.25, -0.2) is 0 Å². The molecule has 0 N–H and O–H groups in total. The van der Waals surface area contributed by atoms with Crippen molar-refractivity contribution in [1.82, 2.24) is 0 Å². The number of carbonyl (C=O) groups excluding carboxylic acids is 1. The summed E-state index contributed by atoms with van der Waals surface area (Å²) in [6, 6.07) is 0. The van der Waals surface area contributed by atoms with Gasteiger partial charge in [0.2, 0.25) is 0 Å². The Morgan fingerprint density at radius 2 is 2.31 bits per heavy atom. The summed E-state index contributed by atoms with van der Waals surface area (Å²) in [5.74, 6) is 0.616. The number of ketones is 1. The highest BCUT2D eigenvalue weighted by Crippen LogP contribution is 2.26. The van der Waals surface area contributed by atoms with E-state index in [0.29, 0.717) is 5.78 Å². The Kier molecular flexibility index (Phi) is 4.43. The Bertz CT molecular complexity index is 165. The number of hydrogen-bond acceptors (Lipinski definition) is 2. The summed E-state index contributed by atoms with van der Waals surface area (Å²) in [4.78, 5) is 11.6. The molecule has 0 unspecified atom stereocenters. The average molecular weight is 184 g/mol. The predicted octanol–water partition coefficient (Wildman–Crippen LogP) is 2.56. The van der Waals surface area contributed by atoms with Crippen molar-refractivity contribution in [3.63, 3.8) is 0 Å². The highest BCUT2D eigenvalue weighted by Gasteiger charge is 2.29. The topological polar surface area (TPSA) is 26.3 Å². The molecule has 0 radical (unpaired) electrons. The van der Waals surface area contributed by atoms with E-state index < -0.39 is 0 Å². The smallest absolute Gasteiger partial charge is 0.138 e. The molecule has 1 saturated carbocycles. The van der Waals surface area contributed by atoms with Crippen LogP contribution in [0.5, 0.6) is 0 Å². The van der Waals surface area contributed by atoms with Gasteiger partial charge in [-0.2, -0.15) is 0 Å². The van der Waals surface area contributed by atoms with E-state index in [9.17, 15) is 4.79 Å². The second-order valence-corrected chi connectivity index (χ2v) is 3.88. The molecule has 2 nitrogen and oxygen atoms in total. The molecule has 2 atom stereocenters. The first-order chi connectivity index (χ1) is 6.29. The molecule has 2 heteroatoms. The van der Waals surface area contributed by atoms with Gasteiger partial charge in [0.15, 0.2) is 0 Å². The van der Waals surface area contributed by atoms with Gasteiger partial charge in [0.05, 0.1) is 6.10 Å². The molecule has 0 amide bonds. The highest BCUT2D eigenvalue weighted by molar-refractivity contribution is 5.82. The largest absolute Gasteiger partial charge is 0.381 e. The molecule has 76 valence electrons. The van der Waals surface area contributed by atoms with E-state index in [-0.39, 0.29) is 12.0 Å². The van der Waals surface area contributed by atoms with Crippen LogP contribution in [0.3, 0.4) is 0 Å². The maximum atomic E-state index is 11.6. The maximum Gasteiger partial charge on any atom is 0.138 e. The molecule has 1 aliphatic carbocycles. The van der Waals surface area contributed by atoms with Gasteiger partial charge in [-0.1, -0.05) is 19.8 Å². The van der Waals surface area contributed by atoms with Crippen molar-refractivity contribution in [2.24, 2.45) is 5.92 Å². The lowest BCUT2D eigenvalue weighted by Gasteiger charge is -2.27. The van der Waals surface area contributed by atoms with Crippen molar-refractivity contribution in [2.45, 2.75) is 51.6 Å². The van der Waals surface area contributed by atoms with E-state index in [4.69, 9.17) is 4.74 Å². The lowest BCUT2D eigenvalue weighted by Crippen LogP contribution is -2.32. The lowest BCUT2D eigenvalue weighted by molar-refractivity contribution is -0.129. The van der Waals surface area contributed by atoms with Crippen molar-refractivity contribution < 1.29 is 9.53 Å². The van der Waals surface area contributed by atoms with Crippen LogP contribution < -0.4 is 0 Å². The molecule has 0 aromatic rings. The van der Waals surface area contributed by atoms with Crippen molar-refractivity contribution in [1.29, 1.82) is 0 Å². The number of Topliss-reactive ketones (excluding diaryl/α,β-unsaturated/α-hetero) is 1. The fourth-order valence-corrected chi connectivity index (χ4v) is 2.17. The van der Waals surface area contributed by atoms with E-state index in [1.165, 1.54) is 6.42 Å². The van der Waals surface area contributed by atoms with Crippen LogP contribution in [0.4, 0.5) is 0 Å². The molecule has 1 aliphatic rings. The fraction of sp³-hybridized carbons (Fsp3) is 0.909. The lowest BCUT2D eigenvalue weighted by atomic mass is 9.82. The monoisotopic (exact) mass is 184 g/mol. The SMILES string of the molecule is CCC[C@@H](OC)[C@@H]1CCCCC1=O. The molecule has 0 saturated heterocycles. The third-order valence-corrected chi connectivity index (χ3v) is 2.93. The van der Waals surface area contributed by atoms with Gasteiger partial charge in [0.1, 0.15) is 5.78 Å². The number of rotatable bonds is 4. The Balaban J connectivity index is 2.49. The first-order valence-corrected chi connectivity index (χ1v) is 5.35. The molecule has 0 aromatic carbocycles. The van der Waals surface area contributed by atoms with Gasteiger partial charge in [0.25, 0.3) is 0 Å². The maximum absolute atomic E-state index is 11.6. The van der Waals surface area contributed by atoms with E-state index in [2.05, 4.69) is 6.92 Å². The summed E-state index contributed by atoms with van der Waals surface area (Å²) in [7, 11) is 1.72. The van der Waals surface area contributed by atoms with E-state index in [1.54, 1.807) is 7.11 Å². The minimum absolute atomic E-state index is 0.179. The number of methoxy groups -OCH3 is 1. The zero-order valence-corrected chi connectivity index (χ0v) is 8.71. The van der Waals surface area contributed by atoms with Gasteiger partial charge >= 0.3 is 0 Å². The van der Waals surface area contributed by atoms with Crippen LogP contribution >= 0.6 is 0 Å². The normalized spacial score (nSPS) is 26.0. The molecule has 0 spiro atoms. The molecule has 0 aromatic heterocycles. The van der Waals surface area contributed by atoms with Gasteiger partial charge in [-0.3, -0.25) is 4.79 Å². The zero-order chi connectivity index (χ0) is 9.68. The third kappa shape index (κ3) is 2.80. The molecule has 13 heavy (non-hydrogen) atoms. The summed E-state index contributed by atoms with van der Waals surface area (Å²) in [5, 5.41) is 0. The Labute approximate surface area is 80.7 Å². The van der Waals surface area contributed by atoms with Crippen LogP contribution in [-0.2, 0) is 9.53 Å². The van der Waals surface area contributed by atoms with Gasteiger partial charge in [-0.05, 0) is 19.3 Å². The molecule has 0 bridgehead atoms. The van der Waals surface area contributed by atoms with Crippen LogP contribution in [0.1, 0.15) is 45.4 Å². The zero-order valence-electron chi connectivity index (χ0n) is 8.71. The third-order valence-electron chi connectivity index (χ3n) is 2.93. The summed E-state index contributed by atoms with van der Waals surface area (Å²) >= 11 is 0. The molecule has 1 rings (SSSR count). The highest BCUT2D eigenvalue weighted by atomic mass is 16.5. The Morgan fingerprint density at radius 1 is 1.54 bits per heavy atom. The molecule has 0 aliphatic heterocycles. The summed E-state index contributed by atoms with van der Waals surface area (Å²) in [6.45, 7) is 2.14. The van der Waals surface area contributed by atoms with Gasteiger partial charge < -0.3 is 4.74 Å². The average Bonchev–Trinajstić information content (AvgIpc) is 2.16. The second kappa shape index (κ2) is 5.38. The Hall–Kier alpha value is -0.370. The minimum Gasteiger partial charge on any atom is -0.381 e. The van der Waals surface area contributed by atoms with Crippen molar-refractivity contribution >= 4 is 5.78 Å². The van der Waals surface area contributed by atoms with Crippen LogP contribution in [0.2, 0.25) is 0 Å². The van der Waals surface area contributed by atoms with Crippen molar-refractivity contribution in [3.8, 4) is 0 Å². The summed E-state index contributed by atoms with van der Waals surface area (Å²) in [6.07, 6.45) is 6.39. The molecule has 1 fully saturated rings. The second-order valence-electron chi connectivity index (χ2n) is 3.88. The van der Waals surface area contributed by atoms with Crippen LogP contribution in [-0.4, -0.2) is 19.0 Å². The summed E-state index contributed by atoms with van der Waals surface area (Å²) in [5.41, 5.74) is 0. The first-order valence-electron chi connectivity index (χ1n) is 5.35. The number of hydrogen-bond donors (Lipinski definition) is 0. The van der Waals surface area contributed by atoms with Gasteiger partial charge in [0, 0.05) is 19.4 Å². The Morgan fingerprint density at radius 3 is 2.85 bits per heavy atom. The minimum atomic E-state index is 0.179. The van der Waals surface area contributed by atoms with E-state index in [1.807, 2.05) is 0 Å².